The molecule has 5 heteroatoms. The number of rotatable bonds is 14. The number of carbonyl (C=O) groups is 2. The Morgan fingerprint density at radius 3 is 2.07 bits per heavy atom. The van der Waals surface area contributed by atoms with Crippen LogP contribution in [0.25, 0.3) is 21.9 Å². The second-order valence-electron chi connectivity index (χ2n) is 13.6. The first-order valence-electron chi connectivity index (χ1n) is 15.3. The van der Waals surface area contributed by atoms with Crippen molar-refractivity contribution in [2.24, 2.45) is 11.8 Å². The maximum Gasteiger partial charge on any atom is 0.309 e. The third-order valence-electron chi connectivity index (χ3n) is 7.46. The van der Waals surface area contributed by atoms with Crippen LogP contribution in [0.4, 0.5) is 0 Å². The molecule has 0 aromatic heterocycles. The van der Waals surface area contributed by atoms with E-state index in [0.29, 0.717) is 19.4 Å². The van der Waals surface area contributed by atoms with Crippen molar-refractivity contribution < 1.29 is 19.1 Å². The van der Waals surface area contributed by atoms with Crippen molar-refractivity contribution in [1.29, 1.82) is 0 Å². The van der Waals surface area contributed by atoms with Crippen LogP contribution in [-0.2, 0) is 25.5 Å². The summed E-state index contributed by atoms with van der Waals surface area (Å²) in [7, 11) is -1.32. The molecule has 4 nitrogen and oxygen atoms in total. The van der Waals surface area contributed by atoms with Crippen LogP contribution in [0.3, 0.4) is 0 Å². The molecule has 0 fully saturated rings. The molecule has 3 aromatic rings. The molecule has 0 heterocycles. The largest absolute Gasteiger partial charge is 0.466 e. The fourth-order valence-corrected chi connectivity index (χ4v) is 5.71. The van der Waals surface area contributed by atoms with Gasteiger partial charge in [0, 0.05) is 8.07 Å². The van der Waals surface area contributed by atoms with Gasteiger partial charge in [0.05, 0.1) is 18.4 Å². The van der Waals surface area contributed by atoms with Gasteiger partial charge in [-0.15, -0.1) is 0 Å². The predicted molar refractivity (Wildman–Crippen MR) is 174 cm³/mol. The molecule has 0 spiro atoms. The lowest BCUT2D eigenvalue weighted by Gasteiger charge is -2.26. The Balaban J connectivity index is 1.73. The van der Waals surface area contributed by atoms with E-state index in [0.717, 1.165) is 31.7 Å². The number of hydrogen-bond donors (Lipinski definition) is 0. The quantitative estimate of drug-likeness (QED) is 0.142. The lowest BCUT2D eigenvalue weighted by atomic mass is 9.86. The summed E-state index contributed by atoms with van der Waals surface area (Å²) in [4.78, 5) is 26.5. The Hall–Kier alpha value is -2.92. The van der Waals surface area contributed by atoms with E-state index >= 15 is 0 Å². The van der Waals surface area contributed by atoms with Crippen molar-refractivity contribution in [1.82, 2.24) is 0 Å². The van der Waals surface area contributed by atoms with Gasteiger partial charge in [-0.05, 0) is 86.0 Å². The van der Waals surface area contributed by atoms with Crippen molar-refractivity contribution in [2.45, 2.75) is 97.5 Å². The van der Waals surface area contributed by atoms with E-state index in [2.05, 4.69) is 93.3 Å². The van der Waals surface area contributed by atoms with Crippen molar-refractivity contribution in [3.05, 3.63) is 72.3 Å². The topological polar surface area (TPSA) is 52.6 Å². The van der Waals surface area contributed by atoms with Crippen LogP contribution in [0.15, 0.2) is 66.7 Å². The summed E-state index contributed by atoms with van der Waals surface area (Å²) in [5, 5.41) is 2.46. The minimum absolute atomic E-state index is 0.180. The SMILES string of the molecule is CCCC[C@H](C[C@H](CCc1ccc(-c2ccc3ccccc3c2)cc1)C(=O)OCC[Si](C)(C)C)C(=O)OC(C)(C)C. The summed E-state index contributed by atoms with van der Waals surface area (Å²) in [6, 6.07) is 24.5. The zero-order valence-corrected chi connectivity index (χ0v) is 27.3. The highest BCUT2D eigenvalue weighted by molar-refractivity contribution is 6.76. The van der Waals surface area contributed by atoms with E-state index in [4.69, 9.17) is 9.47 Å². The van der Waals surface area contributed by atoms with Gasteiger partial charge in [0.2, 0.25) is 0 Å². The lowest BCUT2D eigenvalue weighted by molar-refractivity contribution is -0.162. The fraction of sp³-hybridized carbons (Fsp3) is 0.500. The van der Waals surface area contributed by atoms with Gasteiger partial charge in [0.15, 0.2) is 0 Å². The van der Waals surface area contributed by atoms with Crippen LogP contribution < -0.4 is 0 Å². The van der Waals surface area contributed by atoms with E-state index in [1.807, 2.05) is 20.8 Å². The summed E-state index contributed by atoms with van der Waals surface area (Å²) in [5.74, 6) is -1.03. The Bertz CT molecular complexity index is 1270. The number of unbranched alkanes of at least 4 members (excludes halogenated alkanes) is 1. The first kappa shape index (κ1) is 32.6. The number of hydrogen-bond acceptors (Lipinski definition) is 4. The van der Waals surface area contributed by atoms with Crippen LogP contribution in [0.1, 0.15) is 65.4 Å². The van der Waals surface area contributed by atoms with Crippen LogP contribution in [0, 0.1) is 11.8 Å². The first-order valence-corrected chi connectivity index (χ1v) is 19.0. The number of benzene rings is 3. The van der Waals surface area contributed by atoms with Crippen LogP contribution >= 0.6 is 0 Å². The molecule has 0 N–H and O–H groups in total. The molecule has 0 saturated heterocycles. The maximum absolute atomic E-state index is 13.4. The van der Waals surface area contributed by atoms with Gasteiger partial charge < -0.3 is 9.47 Å². The smallest absolute Gasteiger partial charge is 0.309 e. The second-order valence-corrected chi connectivity index (χ2v) is 19.2. The molecule has 41 heavy (non-hydrogen) atoms. The second kappa shape index (κ2) is 14.8. The molecule has 0 saturated carbocycles. The van der Waals surface area contributed by atoms with Crippen molar-refractivity contribution in [2.75, 3.05) is 6.61 Å². The van der Waals surface area contributed by atoms with Gasteiger partial charge in [-0.2, -0.15) is 0 Å². The molecule has 3 aromatic carbocycles. The molecule has 0 aliphatic carbocycles. The molecule has 0 unspecified atom stereocenters. The summed E-state index contributed by atoms with van der Waals surface area (Å²) in [5.41, 5.74) is 2.99. The summed E-state index contributed by atoms with van der Waals surface area (Å²) >= 11 is 0. The molecule has 222 valence electrons. The molecule has 0 aliphatic rings. The van der Waals surface area contributed by atoms with Gasteiger partial charge in [-0.25, -0.2) is 0 Å². The van der Waals surface area contributed by atoms with Gasteiger partial charge >= 0.3 is 11.9 Å². The molecule has 3 rings (SSSR count). The zero-order chi connectivity index (χ0) is 30.0. The Kier molecular flexibility index (Phi) is 11.8. The summed E-state index contributed by atoms with van der Waals surface area (Å²) in [6.45, 7) is 15.1. The maximum atomic E-state index is 13.4. The normalized spacial score (nSPS) is 13.5. The highest BCUT2D eigenvalue weighted by Crippen LogP contribution is 2.28. The highest BCUT2D eigenvalue weighted by atomic mass is 28.3. The molecule has 0 radical (unpaired) electrons. The van der Waals surface area contributed by atoms with Crippen molar-refractivity contribution in [3.8, 4) is 11.1 Å². The molecule has 2 atom stereocenters. The Morgan fingerprint density at radius 2 is 1.44 bits per heavy atom. The molecular weight excluding hydrogens is 524 g/mol. The molecular formula is C36H50O4Si. The van der Waals surface area contributed by atoms with Gasteiger partial charge in [0.1, 0.15) is 5.60 Å². The monoisotopic (exact) mass is 574 g/mol. The molecule has 0 bridgehead atoms. The standard InChI is InChI=1S/C36H50O4Si/c1-8-9-12-32(35(38)40-36(2,3)4)26-33(34(37)39-23-24-41(5,6)7)20-17-27-15-18-29(19-16-27)31-22-21-28-13-10-11-14-30(28)25-31/h10-11,13-16,18-19,21-22,25,32-33H,8-9,12,17,20,23-24,26H2,1-7H3/t32-,33+/m1/s1. The Labute approximate surface area is 248 Å². The third-order valence-corrected chi connectivity index (χ3v) is 9.17. The molecule has 0 amide bonds. The first-order chi connectivity index (χ1) is 19.3. The predicted octanol–water partition coefficient (Wildman–Crippen LogP) is 9.48. The van der Waals surface area contributed by atoms with Crippen LogP contribution in [0.5, 0.6) is 0 Å². The van der Waals surface area contributed by atoms with E-state index in [9.17, 15) is 9.59 Å². The zero-order valence-electron chi connectivity index (χ0n) is 26.3. The minimum atomic E-state index is -1.32. The number of carbonyl (C=O) groups excluding carboxylic acids is 2. The average molecular weight is 575 g/mol. The molecule has 0 aliphatic heterocycles. The Morgan fingerprint density at radius 1 is 0.805 bits per heavy atom. The van der Waals surface area contributed by atoms with E-state index in [1.165, 1.54) is 27.5 Å². The summed E-state index contributed by atoms with van der Waals surface area (Å²) in [6.07, 6.45) is 4.51. The number of ether oxygens (including phenoxy) is 2. The number of fused-ring (bicyclic) bond motifs is 1. The van der Waals surface area contributed by atoms with E-state index in [-0.39, 0.29) is 23.8 Å². The van der Waals surface area contributed by atoms with Gasteiger partial charge in [-0.1, -0.05) is 100 Å². The number of esters is 2. The van der Waals surface area contributed by atoms with Crippen molar-refractivity contribution in [3.63, 3.8) is 0 Å². The van der Waals surface area contributed by atoms with Gasteiger partial charge in [-0.3, -0.25) is 9.59 Å². The van der Waals surface area contributed by atoms with E-state index < -0.39 is 13.7 Å². The summed E-state index contributed by atoms with van der Waals surface area (Å²) < 4.78 is 11.6. The fourth-order valence-electron chi connectivity index (χ4n) is 4.99. The minimum Gasteiger partial charge on any atom is -0.466 e. The lowest BCUT2D eigenvalue weighted by Crippen LogP contribution is -2.32. The average Bonchev–Trinajstić information content (AvgIpc) is 2.91. The van der Waals surface area contributed by atoms with Gasteiger partial charge in [0.25, 0.3) is 0 Å². The highest BCUT2D eigenvalue weighted by Gasteiger charge is 2.31. The van der Waals surface area contributed by atoms with Crippen molar-refractivity contribution >= 4 is 30.8 Å². The third kappa shape index (κ3) is 11.1. The number of aryl methyl sites for hydroxylation is 1. The van der Waals surface area contributed by atoms with E-state index in [1.54, 1.807) is 0 Å². The van der Waals surface area contributed by atoms with Crippen LogP contribution in [0.2, 0.25) is 25.7 Å². The van der Waals surface area contributed by atoms with Crippen LogP contribution in [-0.4, -0.2) is 32.2 Å².